The molecule has 148 valence electrons. The average molecular weight is 397 g/mol. The van der Waals surface area contributed by atoms with Crippen LogP contribution < -0.4 is 0 Å². The zero-order valence-electron chi connectivity index (χ0n) is 16.9. The summed E-state index contributed by atoms with van der Waals surface area (Å²) in [5, 5.41) is 2.13. The van der Waals surface area contributed by atoms with E-state index in [1.54, 1.807) is 11.3 Å². The van der Waals surface area contributed by atoms with Crippen LogP contribution in [0.3, 0.4) is 0 Å². The SMILES string of the molecule is Cc1ccccc1C1c2ccsc2CCN1C(=O)CN(C(=O)C(C)C)C1CC1. The highest BCUT2D eigenvalue weighted by atomic mass is 32.1. The van der Waals surface area contributed by atoms with E-state index in [-0.39, 0.29) is 36.4 Å². The summed E-state index contributed by atoms with van der Waals surface area (Å²) in [7, 11) is 0. The Kier molecular flexibility index (Phi) is 5.28. The van der Waals surface area contributed by atoms with E-state index in [2.05, 4.69) is 30.5 Å². The first-order chi connectivity index (χ1) is 13.5. The van der Waals surface area contributed by atoms with Gasteiger partial charge in [0.25, 0.3) is 0 Å². The van der Waals surface area contributed by atoms with Crippen molar-refractivity contribution in [1.29, 1.82) is 0 Å². The third-order valence-corrected chi connectivity index (χ3v) is 6.84. The second-order valence-corrected chi connectivity index (χ2v) is 9.25. The lowest BCUT2D eigenvalue weighted by molar-refractivity contribution is -0.144. The Morgan fingerprint density at radius 2 is 1.93 bits per heavy atom. The molecule has 2 heterocycles. The summed E-state index contributed by atoms with van der Waals surface area (Å²) in [6.07, 6.45) is 2.92. The smallest absolute Gasteiger partial charge is 0.243 e. The van der Waals surface area contributed by atoms with E-state index in [0.29, 0.717) is 6.54 Å². The molecule has 0 saturated heterocycles. The molecule has 1 aromatic heterocycles. The molecule has 1 unspecified atom stereocenters. The first-order valence-corrected chi connectivity index (χ1v) is 11.1. The molecule has 5 heteroatoms. The molecule has 0 radical (unpaired) electrons. The number of hydrogen-bond acceptors (Lipinski definition) is 3. The average Bonchev–Trinajstić information content (AvgIpc) is 3.41. The van der Waals surface area contributed by atoms with Crippen molar-refractivity contribution < 1.29 is 9.59 Å². The van der Waals surface area contributed by atoms with Gasteiger partial charge in [0.05, 0.1) is 6.04 Å². The molecule has 4 rings (SSSR count). The van der Waals surface area contributed by atoms with E-state index in [9.17, 15) is 9.59 Å². The minimum atomic E-state index is -0.0783. The molecule has 2 aromatic rings. The predicted molar refractivity (Wildman–Crippen MR) is 112 cm³/mol. The third-order valence-electron chi connectivity index (χ3n) is 5.84. The fourth-order valence-corrected chi connectivity index (χ4v) is 5.06. The molecule has 0 spiro atoms. The van der Waals surface area contributed by atoms with Gasteiger partial charge in [-0.1, -0.05) is 38.1 Å². The molecule has 2 aliphatic rings. The van der Waals surface area contributed by atoms with Crippen LogP contribution >= 0.6 is 11.3 Å². The highest BCUT2D eigenvalue weighted by molar-refractivity contribution is 7.10. The number of hydrogen-bond donors (Lipinski definition) is 0. The zero-order chi connectivity index (χ0) is 19.8. The van der Waals surface area contributed by atoms with Gasteiger partial charge in [0.1, 0.15) is 6.54 Å². The van der Waals surface area contributed by atoms with Crippen molar-refractivity contribution in [2.24, 2.45) is 5.92 Å². The highest BCUT2D eigenvalue weighted by Gasteiger charge is 2.38. The fraction of sp³-hybridized carbons (Fsp3) is 0.478. The lowest BCUT2D eigenvalue weighted by atomic mass is 9.90. The van der Waals surface area contributed by atoms with Gasteiger partial charge in [0.2, 0.25) is 11.8 Å². The summed E-state index contributed by atoms with van der Waals surface area (Å²) in [6.45, 7) is 6.84. The number of fused-ring (bicyclic) bond motifs is 1. The van der Waals surface area contributed by atoms with Crippen molar-refractivity contribution in [1.82, 2.24) is 9.80 Å². The molecule has 1 saturated carbocycles. The number of carbonyl (C=O) groups excluding carboxylic acids is 2. The Labute approximate surface area is 171 Å². The molecule has 28 heavy (non-hydrogen) atoms. The zero-order valence-corrected chi connectivity index (χ0v) is 17.7. The van der Waals surface area contributed by atoms with Gasteiger partial charge in [0.15, 0.2) is 0 Å². The predicted octanol–water partition coefficient (Wildman–Crippen LogP) is 4.18. The molecule has 1 aromatic carbocycles. The van der Waals surface area contributed by atoms with Gasteiger partial charge < -0.3 is 9.80 Å². The molecule has 2 amide bonds. The van der Waals surface area contributed by atoms with Crippen LogP contribution in [0.5, 0.6) is 0 Å². The maximum Gasteiger partial charge on any atom is 0.243 e. The number of benzene rings is 1. The molecule has 1 fully saturated rings. The second-order valence-electron chi connectivity index (χ2n) is 8.25. The fourth-order valence-electron chi connectivity index (χ4n) is 4.16. The van der Waals surface area contributed by atoms with E-state index in [4.69, 9.17) is 0 Å². The van der Waals surface area contributed by atoms with Gasteiger partial charge >= 0.3 is 0 Å². The van der Waals surface area contributed by atoms with Crippen molar-refractivity contribution >= 4 is 23.2 Å². The minimum absolute atomic E-state index is 0.0566. The van der Waals surface area contributed by atoms with E-state index >= 15 is 0 Å². The largest absolute Gasteiger partial charge is 0.330 e. The van der Waals surface area contributed by atoms with Crippen LogP contribution in [0.15, 0.2) is 35.7 Å². The van der Waals surface area contributed by atoms with E-state index in [1.165, 1.54) is 21.6 Å². The molecule has 1 aliphatic heterocycles. The standard InChI is InChI=1S/C23H28N2O2S/c1-15(2)23(27)25(17-8-9-17)14-21(26)24-12-10-20-19(11-13-28-20)22(24)18-7-5-4-6-16(18)3/h4-7,11,13,15,17,22H,8-10,12,14H2,1-3H3. The number of carbonyl (C=O) groups is 2. The Morgan fingerprint density at radius 3 is 2.61 bits per heavy atom. The van der Waals surface area contributed by atoms with Crippen LogP contribution in [0.2, 0.25) is 0 Å². The third kappa shape index (κ3) is 3.60. The Hall–Kier alpha value is -2.14. The van der Waals surface area contributed by atoms with Gasteiger partial charge in [0, 0.05) is 23.4 Å². The molecule has 0 N–H and O–H groups in total. The summed E-state index contributed by atoms with van der Waals surface area (Å²) in [4.78, 5) is 31.3. The summed E-state index contributed by atoms with van der Waals surface area (Å²) >= 11 is 1.78. The quantitative estimate of drug-likeness (QED) is 0.761. The van der Waals surface area contributed by atoms with Crippen LogP contribution in [-0.2, 0) is 16.0 Å². The Balaban J connectivity index is 1.64. The summed E-state index contributed by atoms with van der Waals surface area (Å²) in [5.41, 5.74) is 3.62. The molecule has 0 bridgehead atoms. The normalized spacial score (nSPS) is 18.9. The summed E-state index contributed by atoms with van der Waals surface area (Å²) in [6, 6.07) is 10.7. The molecule has 1 aliphatic carbocycles. The Morgan fingerprint density at radius 1 is 1.18 bits per heavy atom. The number of rotatable bonds is 5. The molecule has 4 nitrogen and oxygen atoms in total. The number of thiophene rings is 1. The summed E-state index contributed by atoms with van der Waals surface area (Å²) in [5.74, 6) is 0.0768. The maximum absolute atomic E-state index is 13.4. The number of aryl methyl sites for hydroxylation is 1. The number of amides is 2. The highest BCUT2D eigenvalue weighted by Crippen LogP contribution is 2.39. The van der Waals surface area contributed by atoms with E-state index < -0.39 is 0 Å². The van der Waals surface area contributed by atoms with Crippen molar-refractivity contribution in [3.63, 3.8) is 0 Å². The van der Waals surface area contributed by atoms with Crippen LogP contribution in [0.1, 0.15) is 54.3 Å². The summed E-state index contributed by atoms with van der Waals surface area (Å²) < 4.78 is 0. The van der Waals surface area contributed by atoms with Crippen molar-refractivity contribution in [3.8, 4) is 0 Å². The van der Waals surface area contributed by atoms with Gasteiger partial charge in [-0.15, -0.1) is 11.3 Å². The van der Waals surface area contributed by atoms with E-state index in [1.807, 2.05) is 35.8 Å². The van der Waals surface area contributed by atoms with Gasteiger partial charge in [-0.25, -0.2) is 0 Å². The first-order valence-electron chi connectivity index (χ1n) is 10.2. The lowest BCUT2D eigenvalue weighted by Gasteiger charge is -2.38. The second kappa shape index (κ2) is 7.70. The maximum atomic E-state index is 13.4. The van der Waals surface area contributed by atoms with Gasteiger partial charge in [-0.3, -0.25) is 9.59 Å². The molecule has 1 atom stereocenters. The minimum Gasteiger partial charge on any atom is -0.330 e. The lowest BCUT2D eigenvalue weighted by Crippen LogP contribution is -2.48. The van der Waals surface area contributed by atoms with Crippen LogP contribution in [-0.4, -0.2) is 40.7 Å². The van der Waals surface area contributed by atoms with E-state index in [0.717, 1.165) is 19.3 Å². The van der Waals surface area contributed by atoms with Crippen molar-refractivity contribution in [2.45, 2.75) is 52.1 Å². The van der Waals surface area contributed by atoms with Crippen LogP contribution in [0, 0.1) is 12.8 Å². The molecular formula is C23H28N2O2S. The van der Waals surface area contributed by atoms with Crippen molar-refractivity contribution in [2.75, 3.05) is 13.1 Å². The molecular weight excluding hydrogens is 368 g/mol. The monoisotopic (exact) mass is 396 g/mol. The van der Waals surface area contributed by atoms with Crippen LogP contribution in [0.4, 0.5) is 0 Å². The van der Waals surface area contributed by atoms with Crippen molar-refractivity contribution in [3.05, 3.63) is 57.3 Å². The topological polar surface area (TPSA) is 40.6 Å². The van der Waals surface area contributed by atoms with Crippen LogP contribution in [0.25, 0.3) is 0 Å². The number of nitrogens with zero attached hydrogens (tertiary/aromatic N) is 2. The van der Waals surface area contributed by atoms with Gasteiger partial charge in [-0.2, -0.15) is 0 Å². The van der Waals surface area contributed by atoms with Gasteiger partial charge in [-0.05, 0) is 54.3 Å². The Bertz CT molecular complexity index is 884. The first kappa shape index (κ1) is 19.2.